The molecule has 1 heterocycles. The third-order valence-corrected chi connectivity index (χ3v) is 4.21. The predicted molar refractivity (Wildman–Crippen MR) is 79.9 cm³/mol. The van der Waals surface area contributed by atoms with Crippen molar-refractivity contribution < 1.29 is 39.4 Å². The van der Waals surface area contributed by atoms with Gasteiger partial charge < -0.3 is 34.6 Å². The van der Waals surface area contributed by atoms with Crippen molar-refractivity contribution in [1.82, 2.24) is 0 Å². The van der Waals surface area contributed by atoms with Crippen LogP contribution in [-0.4, -0.2) is 89.8 Å². The van der Waals surface area contributed by atoms with Crippen LogP contribution in [0, 0.1) is 5.41 Å². The smallest absolute Gasteiger partial charge is 0.172 e. The van der Waals surface area contributed by atoms with E-state index in [0.29, 0.717) is 6.61 Å². The molecule has 1 saturated heterocycles. The summed E-state index contributed by atoms with van der Waals surface area (Å²) < 4.78 is 16.0. The highest BCUT2D eigenvalue weighted by Crippen LogP contribution is 2.42. The summed E-state index contributed by atoms with van der Waals surface area (Å²) >= 11 is 0. The van der Waals surface area contributed by atoms with Crippen molar-refractivity contribution in [2.45, 2.75) is 44.7 Å². The molecule has 23 heavy (non-hydrogen) atoms. The minimum absolute atomic E-state index is 0.0693. The van der Waals surface area contributed by atoms with E-state index in [4.69, 9.17) is 19.3 Å². The Bertz CT molecular complexity index is 372. The minimum Gasteiger partial charge on any atom is -0.394 e. The van der Waals surface area contributed by atoms with Gasteiger partial charge in [0.2, 0.25) is 0 Å². The fourth-order valence-corrected chi connectivity index (χ4v) is 3.14. The number of carbonyl (C=O) groups is 1. The summed E-state index contributed by atoms with van der Waals surface area (Å²) in [6.45, 7) is 3.82. The summed E-state index contributed by atoms with van der Waals surface area (Å²) in [4.78, 5) is 12.8. The Morgan fingerprint density at radius 3 is 2.43 bits per heavy atom. The van der Waals surface area contributed by atoms with E-state index >= 15 is 0 Å². The van der Waals surface area contributed by atoms with Crippen LogP contribution >= 0.6 is 0 Å². The molecular weight excluding hydrogens is 308 g/mol. The molecule has 0 aromatic rings. The molecule has 0 spiro atoms. The first kappa shape index (κ1) is 20.4. The second-order valence-corrected chi connectivity index (χ2v) is 6.31. The lowest BCUT2D eigenvalue weighted by Gasteiger charge is -2.49. The van der Waals surface area contributed by atoms with Crippen LogP contribution in [0.5, 0.6) is 0 Å². The normalized spacial score (nSPS) is 24.7. The van der Waals surface area contributed by atoms with Crippen molar-refractivity contribution in [2.75, 3.05) is 39.6 Å². The molecule has 1 rings (SSSR count). The largest absolute Gasteiger partial charge is 0.394 e. The number of aliphatic hydroxyl groups is 4. The van der Waals surface area contributed by atoms with Gasteiger partial charge in [-0.05, 0) is 20.8 Å². The minimum atomic E-state index is -1.64. The first-order chi connectivity index (χ1) is 10.7. The summed E-state index contributed by atoms with van der Waals surface area (Å²) in [6.07, 6.45) is -3.14. The molecule has 1 aliphatic rings. The first-order valence-electron chi connectivity index (χ1n) is 7.67. The van der Waals surface area contributed by atoms with Crippen molar-refractivity contribution in [1.29, 1.82) is 0 Å². The van der Waals surface area contributed by atoms with E-state index in [1.54, 1.807) is 0 Å². The Morgan fingerprint density at radius 1 is 1.35 bits per heavy atom. The van der Waals surface area contributed by atoms with Gasteiger partial charge in [0.1, 0.15) is 18.1 Å². The van der Waals surface area contributed by atoms with Crippen molar-refractivity contribution in [3.05, 3.63) is 0 Å². The number of hydrogen-bond acceptors (Lipinski definition) is 8. The lowest BCUT2D eigenvalue weighted by molar-refractivity contribution is -0.224. The maximum Gasteiger partial charge on any atom is 0.172 e. The van der Waals surface area contributed by atoms with Crippen LogP contribution < -0.4 is 0 Å². The van der Waals surface area contributed by atoms with Gasteiger partial charge in [-0.1, -0.05) is 0 Å². The first-order valence-corrected chi connectivity index (χ1v) is 7.67. The van der Waals surface area contributed by atoms with Crippen LogP contribution in [0.3, 0.4) is 0 Å². The summed E-state index contributed by atoms with van der Waals surface area (Å²) in [6, 6.07) is 0. The van der Waals surface area contributed by atoms with Crippen LogP contribution in [0.2, 0.25) is 0 Å². The van der Waals surface area contributed by atoms with Gasteiger partial charge >= 0.3 is 0 Å². The van der Waals surface area contributed by atoms with Crippen molar-refractivity contribution in [2.24, 2.45) is 5.41 Å². The van der Waals surface area contributed by atoms with Crippen molar-refractivity contribution in [3.8, 4) is 0 Å². The van der Waals surface area contributed by atoms with Gasteiger partial charge in [-0.3, -0.25) is 4.79 Å². The molecule has 0 aromatic carbocycles. The summed E-state index contributed by atoms with van der Waals surface area (Å²) in [7, 11) is 0. The van der Waals surface area contributed by atoms with Gasteiger partial charge in [0.05, 0.1) is 50.8 Å². The van der Waals surface area contributed by atoms with Crippen molar-refractivity contribution in [3.63, 3.8) is 0 Å². The second kappa shape index (κ2) is 8.48. The summed E-state index contributed by atoms with van der Waals surface area (Å²) in [5, 5.41) is 38.9. The van der Waals surface area contributed by atoms with Gasteiger partial charge in [0, 0.05) is 0 Å². The molecule has 4 unspecified atom stereocenters. The topological polar surface area (TPSA) is 126 Å². The molecule has 0 aliphatic carbocycles. The standard InChI is InChI=1S/C15H28O8/c1-10(17)15(14(2,3)20,13-9-21-4-5-23-13)12(19)8-22-7-11(18)6-16/h10-11,13,16-18,20H,4-9H2,1-3H3. The Labute approximate surface area is 136 Å². The zero-order valence-corrected chi connectivity index (χ0v) is 13.9. The molecular formula is C15H28O8. The molecule has 0 radical (unpaired) electrons. The molecule has 0 amide bonds. The molecule has 1 aliphatic heterocycles. The van der Waals surface area contributed by atoms with Crippen LogP contribution in [0.4, 0.5) is 0 Å². The lowest BCUT2D eigenvalue weighted by Crippen LogP contribution is -2.66. The van der Waals surface area contributed by atoms with Crippen molar-refractivity contribution >= 4 is 5.78 Å². The monoisotopic (exact) mass is 336 g/mol. The molecule has 0 bridgehead atoms. The van der Waals surface area contributed by atoms with E-state index in [0.717, 1.165) is 0 Å². The van der Waals surface area contributed by atoms with Crippen LogP contribution in [-0.2, 0) is 19.0 Å². The third-order valence-electron chi connectivity index (χ3n) is 4.21. The summed E-state index contributed by atoms with van der Waals surface area (Å²) in [5.41, 5.74) is -3.24. The van der Waals surface area contributed by atoms with Gasteiger partial charge in [-0.15, -0.1) is 0 Å². The van der Waals surface area contributed by atoms with Crippen LogP contribution in [0.25, 0.3) is 0 Å². The van der Waals surface area contributed by atoms with Gasteiger partial charge in [-0.25, -0.2) is 0 Å². The average molecular weight is 336 g/mol. The zero-order valence-electron chi connectivity index (χ0n) is 13.9. The van der Waals surface area contributed by atoms with E-state index in [9.17, 15) is 20.1 Å². The highest BCUT2D eigenvalue weighted by atomic mass is 16.6. The summed E-state index contributed by atoms with van der Waals surface area (Å²) in [5.74, 6) is -0.555. The number of ether oxygens (including phenoxy) is 3. The van der Waals surface area contributed by atoms with E-state index in [1.165, 1.54) is 20.8 Å². The van der Waals surface area contributed by atoms with Gasteiger partial charge in [0.15, 0.2) is 5.78 Å². The maximum atomic E-state index is 12.8. The van der Waals surface area contributed by atoms with Crippen LogP contribution in [0.15, 0.2) is 0 Å². The highest BCUT2D eigenvalue weighted by molar-refractivity contribution is 5.88. The Hall–Kier alpha value is -0.610. The Balaban J connectivity index is 2.99. The molecule has 4 N–H and O–H groups in total. The van der Waals surface area contributed by atoms with E-state index in [-0.39, 0.29) is 19.8 Å². The second-order valence-electron chi connectivity index (χ2n) is 6.31. The van der Waals surface area contributed by atoms with E-state index in [1.807, 2.05) is 0 Å². The fraction of sp³-hybridized carbons (Fsp3) is 0.933. The molecule has 1 fully saturated rings. The molecule has 0 aromatic heterocycles. The molecule has 4 atom stereocenters. The average Bonchev–Trinajstić information content (AvgIpc) is 2.46. The number of aliphatic hydroxyl groups excluding tert-OH is 3. The number of Topliss-reactive ketones (excluding diaryl/α,β-unsaturated/α-hetero) is 1. The third kappa shape index (κ3) is 4.48. The highest BCUT2D eigenvalue weighted by Gasteiger charge is 2.59. The number of hydrogen-bond donors (Lipinski definition) is 4. The fourth-order valence-electron chi connectivity index (χ4n) is 3.14. The predicted octanol–water partition coefficient (Wildman–Crippen LogP) is -1.52. The number of ketones is 1. The SMILES string of the molecule is CC(O)C(C(=O)COCC(O)CO)(C1COCCO1)C(C)(C)O. The molecule has 8 heteroatoms. The number of carbonyl (C=O) groups excluding carboxylic acids is 1. The Kier molecular flexibility index (Phi) is 7.53. The number of rotatable bonds is 9. The van der Waals surface area contributed by atoms with Gasteiger partial charge in [0.25, 0.3) is 0 Å². The quantitative estimate of drug-likeness (QED) is 0.400. The van der Waals surface area contributed by atoms with Gasteiger partial charge in [-0.2, -0.15) is 0 Å². The molecule has 8 nitrogen and oxygen atoms in total. The van der Waals surface area contributed by atoms with E-state index < -0.39 is 48.3 Å². The zero-order chi connectivity index (χ0) is 17.7. The maximum absolute atomic E-state index is 12.8. The molecule has 136 valence electrons. The molecule has 0 saturated carbocycles. The van der Waals surface area contributed by atoms with Crippen LogP contribution in [0.1, 0.15) is 20.8 Å². The van der Waals surface area contributed by atoms with E-state index in [2.05, 4.69) is 0 Å². The lowest BCUT2D eigenvalue weighted by atomic mass is 9.63. The Morgan fingerprint density at radius 2 is 2.00 bits per heavy atom.